The van der Waals surface area contributed by atoms with Crippen LogP contribution in [0, 0.1) is 0 Å². The van der Waals surface area contributed by atoms with E-state index in [1.165, 1.54) is 32.4 Å². The fourth-order valence-electron chi connectivity index (χ4n) is 1.25. The molecule has 0 bridgehead atoms. The van der Waals surface area contributed by atoms with Crippen molar-refractivity contribution in [3.63, 3.8) is 0 Å². The minimum Gasteiger partial charge on any atom is -0.377 e. The minimum atomic E-state index is 1.23. The maximum Gasteiger partial charge on any atom is 0.0172 e. The van der Waals surface area contributed by atoms with Crippen LogP contribution in [0.3, 0.4) is 0 Å². The first kappa shape index (κ1) is 7.39. The highest BCUT2D eigenvalue weighted by molar-refractivity contribution is 4.97. The Kier molecular flexibility index (Phi) is 3.07. The highest BCUT2D eigenvalue weighted by atomic mass is 15.1. The Bertz CT molecular complexity index is 121. The van der Waals surface area contributed by atoms with Crippen molar-refractivity contribution in [1.29, 1.82) is 0 Å². The van der Waals surface area contributed by atoms with Gasteiger partial charge in [0.2, 0.25) is 0 Å². The Morgan fingerprint density at radius 2 is 1.80 bits per heavy atom. The first-order valence-corrected chi connectivity index (χ1v) is 3.97. The molecule has 10 heavy (non-hydrogen) atoms. The lowest BCUT2D eigenvalue weighted by Gasteiger charge is -2.24. The normalized spacial score (nSPS) is 19.8. The predicted molar refractivity (Wildman–Crippen MR) is 44.8 cm³/mol. The summed E-state index contributed by atoms with van der Waals surface area (Å²) < 4.78 is 0. The van der Waals surface area contributed by atoms with Crippen molar-refractivity contribution >= 4 is 0 Å². The Morgan fingerprint density at radius 3 is 2.40 bits per heavy atom. The Labute approximate surface area is 63.0 Å². The quantitative estimate of drug-likeness (QED) is 0.527. The Balaban J connectivity index is 2.25. The number of piperidine rings is 1. The molecular formula is C9H15N. The van der Waals surface area contributed by atoms with Crippen LogP contribution in [0.25, 0.3) is 0 Å². The van der Waals surface area contributed by atoms with E-state index >= 15 is 0 Å². The van der Waals surface area contributed by atoms with Crippen molar-refractivity contribution in [3.8, 4) is 0 Å². The minimum absolute atomic E-state index is 1.23. The summed E-state index contributed by atoms with van der Waals surface area (Å²) in [6.07, 6.45) is 10.1. The maximum absolute atomic E-state index is 3.63. The molecule has 1 aliphatic rings. The van der Waals surface area contributed by atoms with E-state index in [1.807, 2.05) is 12.2 Å². The number of nitrogens with zero attached hydrogens (tertiary/aromatic N) is 1. The molecule has 0 aromatic heterocycles. The van der Waals surface area contributed by atoms with Gasteiger partial charge in [0.05, 0.1) is 0 Å². The van der Waals surface area contributed by atoms with Gasteiger partial charge in [0.15, 0.2) is 0 Å². The molecule has 0 N–H and O–H groups in total. The molecule has 56 valence electrons. The lowest BCUT2D eigenvalue weighted by molar-refractivity contribution is 0.309. The number of hydrogen-bond acceptors (Lipinski definition) is 1. The van der Waals surface area contributed by atoms with Crippen LogP contribution in [-0.2, 0) is 0 Å². The van der Waals surface area contributed by atoms with Crippen molar-refractivity contribution in [1.82, 2.24) is 4.90 Å². The summed E-state index contributed by atoms with van der Waals surface area (Å²) >= 11 is 0. The summed E-state index contributed by atoms with van der Waals surface area (Å²) in [6, 6.07) is 0. The van der Waals surface area contributed by atoms with Crippen molar-refractivity contribution in [2.24, 2.45) is 0 Å². The zero-order chi connectivity index (χ0) is 7.23. The molecule has 1 rings (SSSR count). The molecule has 0 aromatic carbocycles. The van der Waals surface area contributed by atoms with Crippen molar-refractivity contribution in [3.05, 3.63) is 24.9 Å². The molecule has 1 heterocycles. The molecule has 1 fully saturated rings. The summed E-state index contributed by atoms with van der Waals surface area (Å²) in [5.74, 6) is 0. The van der Waals surface area contributed by atoms with E-state index in [-0.39, 0.29) is 0 Å². The molecule has 1 heteroatoms. The zero-order valence-corrected chi connectivity index (χ0v) is 6.42. The van der Waals surface area contributed by atoms with Crippen LogP contribution in [0.4, 0.5) is 0 Å². The molecule has 1 aliphatic heterocycles. The van der Waals surface area contributed by atoms with E-state index in [1.54, 1.807) is 0 Å². The van der Waals surface area contributed by atoms with Gasteiger partial charge in [0.25, 0.3) is 0 Å². The van der Waals surface area contributed by atoms with Gasteiger partial charge in [-0.05, 0) is 31.5 Å². The van der Waals surface area contributed by atoms with E-state index in [0.29, 0.717) is 0 Å². The van der Waals surface area contributed by atoms with E-state index in [2.05, 4.69) is 17.7 Å². The van der Waals surface area contributed by atoms with Gasteiger partial charge in [-0.2, -0.15) is 0 Å². The van der Waals surface area contributed by atoms with Gasteiger partial charge < -0.3 is 4.90 Å². The molecule has 0 saturated carbocycles. The molecule has 0 radical (unpaired) electrons. The SMILES string of the molecule is C=C/C=C/N1CCCCC1. The molecule has 1 saturated heterocycles. The van der Waals surface area contributed by atoms with Crippen LogP contribution in [0.15, 0.2) is 24.9 Å². The molecule has 0 amide bonds. The number of rotatable bonds is 2. The predicted octanol–water partition coefficient (Wildman–Crippen LogP) is 2.17. The van der Waals surface area contributed by atoms with Crippen LogP contribution in [-0.4, -0.2) is 18.0 Å². The fraction of sp³-hybridized carbons (Fsp3) is 0.556. The van der Waals surface area contributed by atoms with Crippen LogP contribution in [0.1, 0.15) is 19.3 Å². The van der Waals surface area contributed by atoms with E-state index in [4.69, 9.17) is 0 Å². The fourth-order valence-corrected chi connectivity index (χ4v) is 1.25. The second-order valence-electron chi connectivity index (χ2n) is 2.67. The Hall–Kier alpha value is -0.720. The molecule has 0 spiro atoms. The lowest BCUT2D eigenvalue weighted by Crippen LogP contribution is -2.23. The second kappa shape index (κ2) is 4.15. The third-order valence-corrected chi connectivity index (χ3v) is 1.82. The average molecular weight is 137 g/mol. The van der Waals surface area contributed by atoms with E-state index in [0.717, 1.165) is 0 Å². The Morgan fingerprint density at radius 1 is 1.10 bits per heavy atom. The molecule has 0 atom stereocenters. The first-order valence-electron chi connectivity index (χ1n) is 3.97. The highest BCUT2D eigenvalue weighted by Gasteiger charge is 2.03. The number of likely N-dealkylation sites (tertiary alicyclic amines) is 1. The van der Waals surface area contributed by atoms with Gasteiger partial charge in [-0.15, -0.1) is 0 Å². The first-order chi connectivity index (χ1) is 4.93. The molecule has 1 nitrogen and oxygen atoms in total. The average Bonchev–Trinajstić information content (AvgIpc) is 2.03. The summed E-state index contributed by atoms with van der Waals surface area (Å²) in [7, 11) is 0. The third kappa shape index (κ3) is 2.26. The van der Waals surface area contributed by atoms with Crippen molar-refractivity contribution in [2.45, 2.75) is 19.3 Å². The molecule has 0 aromatic rings. The lowest BCUT2D eigenvalue weighted by atomic mass is 10.1. The van der Waals surface area contributed by atoms with Gasteiger partial charge in [0.1, 0.15) is 0 Å². The summed E-state index contributed by atoms with van der Waals surface area (Å²) in [6.45, 7) is 6.08. The highest BCUT2D eigenvalue weighted by Crippen LogP contribution is 2.08. The van der Waals surface area contributed by atoms with Gasteiger partial charge in [-0.25, -0.2) is 0 Å². The van der Waals surface area contributed by atoms with Crippen LogP contribution in [0.2, 0.25) is 0 Å². The van der Waals surface area contributed by atoms with Crippen LogP contribution >= 0.6 is 0 Å². The van der Waals surface area contributed by atoms with E-state index < -0.39 is 0 Å². The molecular weight excluding hydrogens is 122 g/mol. The zero-order valence-electron chi connectivity index (χ0n) is 6.42. The molecule has 0 aliphatic carbocycles. The summed E-state index contributed by atoms with van der Waals surface area (Å²) in [4.78, 5) is 2.35. The summed E-state index contributed by atoms with van der Waals surface area (Å²) in [5, 5.41) is 0. The molecule has 0 unspecified atom stereocenters. The number of hydrogen-bond donors (Lipinski definition) is 0. The third-order valence-electron chi connectivity index (χ3n) is 1.82. The monoisotopic (exact) mass is 137 g/mol. The van der Waals surface area contributed by atoms with Crippen LogP contribution in [0.5, 0.6) is 0 Å². The second-order valence-corrected chi connectivity index (χ2v) is 2.67. The van der Waals surface area contributed by atoms with Crippen molar-refractivity contribution in [2.75, 3.05) is 13.1 Å². The topological polar surface area (TPSA) is 3.24 Å². The van der Waals surface area contributed by atoms with Crippen LogP contribution < -0.4 is 0 Å². The smallest absolute Gasteiger partial charge is 0.0172 e. The van der Waals surface area contributed by atoms with Gasteiger partial charge in [-0.1, -0.05) is 12.7 Å². The largest absolute Gasteiger partial charge is 0.377 e. The number of allylic oxidation sites excluding steroid dienone is 2. The van der Waals surface area contributed by atoms with Crippen molar-refractivity contribution < 1.29 is 0 Å². The van der Waals surface area contributed by atoms with Gasteiger partial charge in [-0.3, -0.25) is 0 Å². The van der Waals surface area contributed by atoms with E-state index in [9.17, 15) is 0 Å². The maximum atomic E-state index is 3.63. The van der Waals surface area contributed by atoms with Gasteiger partial charge in [0, 0.05) is 13.1 Å². The standard InChI is InChI=1S/C9H15N/c1-2-3-7-10-8-5-4-6-9-10/h2-3,7H,1,4-6,8-9H2/b7-3+. The van der Waals surface area contributed by atoms with Gasteiger partial charge >= 0.3 is 0 Å². The summed E-state index contributed by atoms with van der Waals surface area (Å²) in [5.41, 5.74) is 0.